The predicted octanol–water partition coefficient (Wildman–Crippen LogP) is 4.35. The monoisotopic (exact) mass is 523 g/mol. The van der Waals surface area contributed by atoms with Crippen LogP contribution in [0.1, 0.15) is 36.8 Å². The van der Waals surface area contributed by atoms with E-state index in [1.807, 2.05) is 54.6 Å². The van der Waals surface area contributed by atoms with Gasteiger partial charge in [-0.3, -0.25) is 14.4 Å². The Morgan fingerprint density at radius 2 is 1.64 bits per heavy atom. The summed E-state index contributed by atoms with van der Waals surface area (Å²) in [6.07, 6.45) is 2.95. The number of benzodiazepines with no additional fused rings is 1. The highest BCUT2D eigenvalue weighted by Crippen LogP contribution is 2.31. The third-order valence-corrected chi connectivity index (χ3v) is 6.99. The van der Waals surface area contributed by atoms with Crippen molar-refractivity contribution in [3.8, 4) is 0 Å². The second-order valence-corrected chi connectivity index (χ2v) is 9.58. The summed E-state index contributed by atoms with van der Waals surface area (Å²) < 4.78 is 0. The maximum absolute atomic E-state index is 13.9. The number of carbonyl (C=O) groups is 4. The number of para-hydroxylation sites is 1. The van der Waals surface area contributed by atoms with E-state index in [9.17, 15) is 19.2 Å². The number of ketones is 1. The van der Waals surface area contributed by atoms with Gasteiger partial charge in [-0.05, 0) is 37.1 Å². The first kappa shape index (κ1) is 25.8. The summed E-state index contributed by atoms with van der Waals surface area (Å²) in [4.78, 5) is 57.2. The lowest BCUT2D eigenvalue weighted by atomic mass is 9.99. The number of Topliss-reactive ketones (excluding diaryl/α,β-unsaturated/α-hetero) is 1. The first-order valence-electron chi connectivity index (χ1n) is 13.0. The standard InChI is InChI=1S/C30H29N5O4/c36-19-31-22-13-8-14-23(17-22)32-30(39)34-28-29(38)35(18-26(37)20-9-4-5-10-20)25-16-7-6-15-24(25)27(33-28)21-11-2-1-3-12-21/h1-3,6-8,11-17,19-20,28H,4-5,9-10,18H2,(H,31,36)(H2,32,34,39)/t28-/m0/s1. The molecule has 39 heavy (non-hydrogen) atoms. The van der Waals surface area contributed by atoms with E-state index in [1.165, 1.54) is 4.90 Å². The van der Waals surface area contributed by atoms with Gasteiger partial charge in [-0.15, -0.1) is 0 Å². The molecule has 4 amide bonds. The summed E-state index contributed by atoms with van der Waals surface area (Å²) >= 11 is 0. The highest BCUT2D eigenvalue weighted by atomic mass is 16.2. The van der Waals surface area contributed by atoms with Crippen molar-refractivity contribution in [2.45, 2.75) is 31.8 Å². The molecule has 0 spiro atoms. The molecule has 0 saturated heterocycles. The number of fused-ring (bicyclic) bond motifs is 1. The van der Waals surface area contributed by atoms with Crippen LogP contribution in [0.25, 0.3) is 0 Å². The van der Waals surface area contributed by atoms with Gasteiger partial charge in [0.15, 0.2) is 5.78 Å². The van der Waals surface area contributed by atoms with Crippen LogP contribution in [0.15, 0.2) is 83.9 Å². The van der Waals surface area contributed by atoms with Gasteiger partial charge in [-0.1, -0.05) is 67.4 Å². The minimum absolute atomic E-state index is 0.0153. The van der Waals surface area contributed by atoms with Crippen molar-refractivity contribution in [3.63, 3.8) is 0 Å². The maximum atomic E-state index is 13.9. The fourth-order valence-corrected chi connectivity index (χ4v) is 5.09. The van der Waals surface area contributed by atoms with Crippen LogP contribution in [0.2, 0.25) is 0 Å². The Bertz CT molecular complexity index is 1420. The van der Waals surface area contributed by atoms with Crippen LogP contribution in [0.3, 0.4) is 0 Å². The van der Waals surface area contributed by atoms with Crippen LogP contribution in [0.5, 0.6) is 0 Å². The third kappa shape index (κ3) is 5.87. The number of nitrogens with one attached hydrogen (secondary N) is 3. The minimum atomic E-state index is -1.28. The van der Waals surface area contributed by atoms with Gasteiger partial charge in [0, 0.05) is 28.4 Å². The number of aliphatic imine (C=N–C) groups is 1. The van der Waals surface area contributed by atoms with E-state index in [1.54, 1.807) is 24.3 Å². The van der Waals surface area contributed by atoms with Crippen LogP contribution in [0.4, 0.5) is 21.9 Å². The molecule has 3 aromatic rings. The van der Waals surface area contributed by atoms with Gasteiger partial charge in [0.1, 0.15) is 0 Å². The van der Waals surface area contributed by atoms with E-state index in [0.29, 0.717) is 34.7 Å². The Labute approximate surface area is 226 Å². The fourth-order valence-electron chi connectivity index (χ4n) is 5.09. The molecular weight excluding hydrogens is 494 g/mol. The second kappa shape index (κ2) is 11.7. The lowest BCUT2D eigenvalue weighted by molar-refractivity contribution is -0.125. The molecule has 0 unspecified atom stereocenters. The van der Waals surface area contributed by atoms with E-state index < -0.39 is 18.1 Å². The van der Waals surface area contributed by atoms with E-state index in [2.05, 4.69) is 16.0 Å². The number of hydrogen-bond acceptors (Lipinski definition) is 5. The fraction of sp³-hybridized carbons (Fsp3) is 0.233. The van der Waals surface area contributed by atoms with E-state index in [4.69, 9.17) is 4.99 Å². The second-order valence-electron chi connectivity index (χ2n) is 9.58. The van der Waals surface area contributed by atoms with Gasteiger partial charge in [0.05, 0.1) is 17.9 Å². The molecule has 1 aliphatic carbocycles. The average molecular weight is 524 g/mol. The molecule has 0 bridgehead atoms. The highest BCUT2D eigenvalue weighted by molar-refractivity contribution is 6.21. The maximum Gasteiger partial charge on any atom is 0.321 e. The zero-order valence-corrected chi connectivity index (χ0v) is 21.3. The molecule has 2 aliphatic rings. The van der Waals surface area contributed by atoms with Crippen LogP contribution >= 0.6 is 0 Å². The normalized spacial score (nSPS) is 17.0. The van der Waals surface area contributed by atoms with Gasteiger partial charge >= 0.3 is 6.03 Å². The van der Waals surface area contributed by atoms with Crippen molar-refractivity contribution in [1.29, 1.82) is 0 Å². The SMILES string of the molecule is O=CNc1cccc(NC(=O)N[C@@H]2N=C(c3ccccc3)c3ccccc3N(CC(=O)C3CCCC3)C2=O)c1. The van der Waals surface area contributed by atoms with Crippen LogP contribution in [-0.4, -0.2) is 42.6 Å². The summed E-state index contributed by atoms with van der Waals surface area (Å²) in [5.74, 6) is -0.544. The lowest BCUT2D eigenvalue weighted by Gasteiger charge is -2.26. The summed E-state index contributed by atoms with van der Waals surface area (Å²) in [5, 5.41) is 7.91. The van der Waals surface area contributed by atoms with Gasteiger partial charge in [0.25, 0.3) is 5.91 Å². The number of benzene rings is 3. The first-order valence-corrected chi connectivity index (χ1v) is 13.0. The Balaban J connectivity index is 1.48. The molecule has 1 fully saturated rings. The van der Waals surface area contributed by atoms with Gasteiger partial charge in [-0.2, -0.15) is 0 Å². The van der Waals surface area contributed by atoms with E-state index in [0.717, 1.165) is 31.2 Å². The van der Waals surface area contributed by atoms with Crippen molar-refractivity contribution in [1.82, 2.24) is 5.32 Å². The number of urea groups is 1. The molecule has 1 saturated carbocycles. The molecule has 1 heterocycles. The Hall–Kier alpha value is -4.79. The summed E-state index contributed by atoms with van der Waals surface area (Å²) in [6, 6.07) is 22.7. The highest BCUT2D eigenvalue weighted by Gasteiger charge is 2.35. The molecule has 5 rings (SSSR count). The molecule has 198 valence electrons. The van der Waals surface area contributed by atoms with Crippen molar-refractivity contribution in [2.24, 2.45) is 10.9 Å². The molecule has 0 aromatic heterocycles. The molecule has 9 heteroatoms. The molecule has 3 aromatic carbocycles. The summed E-state index contributed by atoms with van der Waals surface area (Å²) in [6.45, 7) is -0.0860. The summed E-state index contributed by atoms with van der Waals surface area (Å²) in [7, 11) is 0. The minimum Gasteiger partial charge on any atom is -0.329 e. The smallest absolute Gasteiger partial charge is 0.321 e. The predicted molar refractivity (Wildman–Crippen MR) is 150 cm³/mol. The van der Waals surface area contributed by atoms with Crippen LogP contribution < -0.4 is 20.9 Å². The number of hydrogen-bond donors (Lipinski definition) is 3. The molecule has 1 aliphatic heterocycles. The number of anilines is 3. The first-order chi connectivity index (χ1) is 19.0. The van der Waals surface area contributed by atoms with Gasteiger partial charge < -0.3 is 20.9 Å². The Kier molecular flexibility index (Phi) is 7.77. The number of nitrogens with zero attached hydrogens (tertiary/aromatic N) is 2. The number of amides is 4. The third-order valence-electron chi connectivity index (χ3n) is 6.99. The lowest BCUT2D eigenvalue weighted by Crippen LogP contribution is -2.50. The van der Waals surface area contributed by atoms with Crippen molar-refractivity contribution in [3.05, 3.63) is 90.0 Å². The molecule has 0 radical (unpaired) electrons. The molecular formula is C30H29N5O4. The summed E-state index contributed by atoms with van der Waals surface area (Å²) in [5.41, 5.74) is 3.52. The number of rotatable bonds is 8. The van der Waals surface area contributed by atoms with Crippen LogP contribution in [0, 0.1) is 5.92 Å². The Morgan fingerprint density at radius 3 is 2.41 bits per heavy atom. The average Bonchev–Trinajstić information content (AvgIpc) is 3.47. The Morgan fingerprint density at radius 1 is 0.923 bits per heavy atom. The topological polar surface area (TPSA) is 120 Å². The van der Waals surface area contributed by atoms with Crippen molar-refractivity contribution >= 4 is 46.9 Å². The van der Waals surface area contributed by atoms with Crippen molar-refractivity contribution in [2.75, 3.05) is 22.1 Å². The van der Waals surface area contributed by atoms with Gasteiger partial charge in [-0.25, -0.2) is 9.79 Å². The van der Waals surface area contributed by atoms with Crippen LogP contribution in [-0.2, 0) is 14.4 Å². The molecule has 9 nitrogen and oxygen atoms in total. The van der Waals surface area contributed by atoms with E-state index >= 15 is 0 Å². The quantitative estimate of drug-likeness (QED) is 0.380. The zero-order chi connectivity index (χ0) is 27.2. The zero-order valence-electron chi connectivity index (χ0n) is 21.3. The van der Waals surface area contributed by atoms with Crippen molar-refractivity contribution < 1.29 is 19.2 Å². The van der Waals surface area contributed by atoms with E-state index in [-0.39, 0.29) is 18.2 Å². The van der Waals surface area contributed by atoms with Gasteiger partial charge in [0.2, 0.25) is 12.6 Å². The molecule has 1 atom stereocenters. The number of carbonyl (C=O) groups excluding carboxylic acids is 4. The largest absolute Gasteiger partial charge is 0.329 e. The molecule has 3 N–H and O–H groups in total.